The van der Waals surface area contributed by atoms with E-state index in [9.17, 15) is 8.78 Å². The summed E-state index contributed by atoms with van der Waals surface area (Å²) >= 11 is 0. The molecule has 2 aromatic heterocycles. The summed E-state index contributed by atoms with van der Waals surface area (Å²) in [5.41, 5.74) is 5.35. The molecule has 0 saturated carbocycles. The van der Waals surface area contributed by atoms with Gasteiger partial charge in [-0.05, 0) is 30.0 Å². The number of halogens is 2. The molecule has 3 rings (SSSR count). The number of nitrogens with one attached hydrogen (secondary N) is 2. The van der Waals surface area contributed by atoms with Crippen molar-refractivity contribution >= 4 is 16.9 Å². The zero-order valence-corrected chi connectivity index (χ0v) is 15.7. The summed E-state index contributed by atoms with van der Waals surface area (Å²) in [6.45, 7) is 5.87. The van der Waals surface area contributed by atoms with Gasteiger partial charge in [-0.2, -0.15) is 0 Å². The van der Waals surface area contributed by atoms with E-state index in [1.165, 1.54) is 11.1 Å². The number of benzene rings is 1. The maximum atomic E-state index is 12.3. The van der Waals surface area contributed by atoms with Crippen molar-refractivity contribution in [3.63, 3.8) is 0 Å². The van der Waals surface area contributed by atoms with Gasteiger partial charge in [-0.1, -0.05) is 25.1 Å². The van der Waals surface area contributed by atoms with Gasteiger partial charge >= 0.3 is 0 Å². The third-order valence-corrected chi connectivity index (χ3v) is 4.59. The van der Waals surface area contributed by atoms with Gasteiger partial charge in [0.2, 0.25) is 0 Å². The van der Waals surface area contributed by atoms with Crippen LogP contribution >= 0.6 is 0 Å². The van der Waals surface area contributed by atoms with E-state index in [4.69, 9.17) is 0 Å². The fourth-order valence-corrected chi connectivity index (χ4v) is 3.11. The summed E-state index contributed by atoms with van der Waals surface area (Å²) in [5, 5.41) is 6.15. The number of hydrogen-bond acceptors (Lipinski definition) is 4. The highest BCUT2D eigenvalue weighted by molar-refractivity contribution is 5.77. The van der Waals surface area contributed by atoms with Gasteiger partial charge in [0.25, 0.3) is 6.43 Å². The average molecular weight is 373 g/mol. The normalized spacial score (nSPS) is 11.4. The quantitative estimate of drug-likeness (QED) is 0.596. The maximum Gasteiger partial charge on any atom is 0.250 e. The number of rotatable bonds is 9. The SMILES string of the molecule is CCc1cc(CNCC(F)F)ccc1CNc1cc2c(cn1)ncn2CC. The Balaban J connectivity index is 1.68. The van der Waals surface area contributed by atoms with Crippen LogP contribution in [-0.4, -0.2) is 27.5 Å². The van der Waals surface area contributed by atoms with Gasteiger partial charge in [0.15, 0.2) is 0 Å². The second-order valence-corrected chi connectivity index (χ2v) is 6.42. The van der Waals surface area contributed by atoms with Crippen molar-refractivity contribution in [1.29, 1.82) is 0 Å². The minimum atomic E-state index is -2.33. The largest absolute Gasteiger partial charge is 0.366 e. The zero-order chi connectivity index (χ0) is 19.2. The predicted octanol–water partition coefficient (Wildman–Crippen LogP) is 3.98. The van der Waals surface area contributed by atoms with Crippen molar-refractivity contribution in [2.75, 3.05) is 11.9 Å². The van der Waals surface area contributed by atoms with Crippen LogP contribution in [0.25, 0.3) is 11.0 Å². The lowest BCUT2D eigenvalue weighted by Gasteiger charge is -2.13. The first-order chi connectivity index (χ1) is 13.1. The number of pyridine rings is 1. The molecule has 1 aromatic carbocycles. The molecule has 0 unspecified atom stereocenters. The standard InChI is InChI=1S/C20H25F2N5/c1-3-15-7-14(9-23-12-19(21)22)5-6-16(15)10-24-20-8-18-17(11-25-20)26-13-27(18)4-2/h5-8,11,13,19,23H,3-4,9-10,12H2,1-2H3,(H,24,25). The molecule has 0 saturated heterocycles. The Labute approximate surface area is 157 Å². The molecule has 144 valence electrons. The van der Waals surface area contributed by atoms with E-state index in [0.29, 0.717) is 13.1 Å². The van der Waals surface area contributed by atoms with E-state index in [2.05, 4.69) is 51.1 Å². The number of alkyl halides is 2. The third kappa shape index (κ3) is 4.80. The summed E-state index contributed by atoms with van der Waals surface area (Å²) < 4.78 is 26.6. The minimum absolute atomic E-state index is 0.284. The van der Waals surface area contributed by atoms with Crippen LogP contribution in [-0.2, 0) is 26.1 Å². The molecular formula is C20H25F2N5. The summed E-state index contributed by atoms with van der Waals surface area (Å²) in [6, 6.07) is 8.13. The van der Waals surface area contributed by atoms with E-state index < -0.39 is 6.43 Å². The number of fused-ring (bicyclic) bond motifs is 1. The third-order valence-electron chi connectivity index (χ3n) is 4.59. The van der Waals surface area contributed by atoms with Crippen LogP contribution in [0.15, 0.2) is 36.8 Å². The van der Waals surface area contributed by atoms with E-state index in [0.717, 1.165) is 35.4 Å². The number of nitrogens with zero attached hydrogens (tertiary/aromatic N) is 3. The van der Waals surface area contributed by atoms with Crippen LogP contribution in [0.1, 0.15) is 30.5 Å². The van der Waals surface area contributed by atoms with Gasteiger partial charge in [-0.3, -0.25) is 0 Å². The fourth-order valence-electron chi connectivity index (χ4n) is 3.11. The number of aromatic nitrogens is 3. The summed E-state index contributed by atoms with van der Waals surface area (Å²) in [7, 11) is 0. The lowest BCUT2D eigenvalue weighted by Crippen LogP contribution is -2.20. The fraction of sp³-hybridized carbons (Fsp3) is 0.400. The second-order valence-electron chi connectivity index (χ2n) is 6.42. The van der Waals surface area contributed by atoms with Gasteiger partial charge in [-0.25, -0.2) is 18.7 Å². The Kier molecular flexibility index (Phi) is 6.34. The van der Waals surface area contributed by atoms with Gasteiger partial charge in [-0.15, -0.1) is 0 Å². The van der Waals surface area contributed by atoms with E-state index in [-0.39, 0.29) is 6.54 Å². The molecule has 0 spiro atoms. The van der Waals surface area contributed by atoms with E-state index in [1.54, 1.807) is 6.20 Å². The van der Waals surface area contributed by atoms with Gasteiger partial charge in [0.1, 0.15) is 11.3 Å². The van der Waals surface area contributed by atoms with Crippen molar-refractivity contribution in [2.24, 2.45) is 0 Å². The Bertz CT molecular complexity index is 891. The molecule has 0 amide bonds. The Morgan fingerprint density at radius 1 is 1.07 bits per heavy atom. The molecule has 0 aliphatic rings. The van der Waals surface area contributed by atoms with Gasteiger partial charge < -0.3 is 15.2 Å². The molecule has 5 nitrogen and oxygen atoms in total. The van der Waals surface area contributed by atoms with E-state index >= 15 is 0 Å². The summed E-state index contributed by atoms with van der Waals surface area (Å²) in [6.07, 6.45) is 2.16. The maximum absolute atomic E-state index is 12.3. The van der Waals surface area contributed by atoms with Crippen molar-refractivity contribution in [1.82, 2.24) is 19.9 Å². The number of imidazole rings is 1. The molecule has 3 aromatic rings. The number of hydrogen-bond donors (Lipinski definition) is 2. The molecule has 2 N–H and O–H groups in total. The molecule has 0 fully saturated rings. The van der Waals surface area contributed by atoms with Crippen LogP contribution in [0, 0.1) is 0 Å². The van der Waals surface area contributed by atoms with Crippen molar-refractivity contribution in [3.8, 4) is 0 Å². The molecule has 0 radical (unpaired) electrons. The topological polar surface area (TPSA) is 54.8 Å². The first-order valence-corrected chi connectivity index (χ1v) is 9.25. The highest BCUT2D eigenvalue weighted by Crippen LogP contribution is 2.18. The molecule has 0 aliphatic heterocycles. The lowest BCUT2D eigenvalue weighted by atomic mass is 10.0. The Morgan fingerprint density at radius 3 is 2.67 bits per heavy atom. The van der Waals surface area contributed by atoms with Crippen molar-refractivity contribution in [2.45, 2.75) is 46.3 Å². The first kappa shape index (κ1) is 19.2. The second kappa shape index (κ2) is 8.90. The van der Waals surface area contributed by atoms with Crippen LogP contribution in [0.5, 0.6) is 0 Å². The molecule has 0 aliphatic carbocycles. The Morgan fingerprint density at radius 2 is 1.93 bits per heavy atom. The minimum Gasteiger partial charge on any atom is -0.366 e. The highest BCUT2D eigenvalue weighted by atomic mass is 19.3. The van der Waals surface area contributed by atoms with Crippen LogP contribution in [0.3, 0.4) is 0 Å². The number of anilines is 1. The van der Waals surface area contributed by atoms with E-state index in [1.807, 2.05) is 18.5 Å². The van der Waals surface area contributed by atoms with Crippen molar-refractivity contribution < 1.29 is 8.78 Å². The van der Waals surface area contributed by atoms with Gasteiger partial charge in [0.05, 0.1) is 24.6 Å². The summed E-state index contributed by atoms with van der Waals surface area (Å²) in [4.78, 5) is 8.77. The first-order valence-electron chi connectivity index (χ1n) is 9.25. The average Bonchev–Trinajstić information content (AvgIpc) is 3.08. The molecule has 0 atom stereocenters. The molecule has 7 heteroatoms. The zero-order valence-electron chi connectivity index (χ0n) is 15.7. The highest BCUT2D eigenvalue weighted by Gasteiger charge is 2.07. The van der Waals surface area contributed by atoms with Crippen LogP contribution in [0.2, 0.25) is 0 Å². The molecule has 0 bridgehead atoms. The lowest BCUT2D eigenvalue weighted by molar-refractivity contribution is 0.145. The molecule has 2 heterocycles. The van der Waals surface area contributed by atoms with Crippen LogP contribution in [0.4, 0.5) is 14.6 Å². The summed E-state index contributed by atoms with van der Waals surface area (Å²) in [5.74, 6) is 0.808. The van der Waals surface area contributed by atoms with Crippen molar-refractivity contribution in [3.05, 3.63) is 53.5 Å². The predicted molar refractivity (Wildman–Crippen MR) is 104 cm³/mol. The van der Waals surface area contributed by atoms with Crippen LogP contribution < -0.4 is 10.6 Å². The number of aryl methyl sites for hydroxylation is 2. The smallest absolute Gasteiger partial charge is 0.250 e. The monoisotopic (exact) mass is 373 g/mol. The Hall–Kier alpha value is -2.54. The molecule has 27 heavy (non-hydrogen) atoms. The molecular weight excluding hydrogens is 348 g/mol. The van der Waals surface area contributed by atoms with Gasteiger partial charge in [0, 0.05) is 25.7 Å².